The molecule has 0 saturated carbocycles. The number of carbonyl (C=O) groups excluding carboxylic acids is 2. The van der Waals surface area contributed by atoms with E-state index in [1.807, 2.05) is 25.7 Å². The molecule has 10 nitrogen and oxygen atoms in total. The molecule has 192 valence electrons. The summed E-state index contributed by atoms with van der Waals surface area (Å²) in [5, 5.41) is 15.8. The van der Waals surface area contributed by atoms with Crippen LogP contribution in [0.3, 0.4) is 0 Å². The maximum absolute atomic E-state index is 13.6. The van der Waals surface area contributed by atoms with Crippen LogP contribution in [-0.4, -0.2) is 90.9 Å². The monoisotopic (exact) mass is 478 g/mol. The number of alkyl carbamates (subject to hydrolysis) is 1. The van der Waals surface area contributed by atoms with Crippen molar-refractivity contribution in [2.24, 2.45) is 10.4 Å². The normalized spacial score (nSPS) is 24.3. The number of likely N-dealkylation sites (tertiary alicyclic amines) is 1. The summed E-state index contributed by atoms with van der Waals surface area (Å²) >= 11 is 0. The molecule has 10 heteroatoms. The molecule has 2 heterocycles. The number of rotatable bonds is 6. The molecular formula is C24H42N6O4. The van der Waals surface area contributed by atoms with Gasteiger partial charge in [-0.1, -0.05) is 27.7 Å². The molecule has 2 N–H and O–H groups in total. The van der Waals surface area contributed by atoms with Gasteiger partial charge in [0.05, 0.1) is 25.9 Å². The van der Waals surface area contributed by atoms with Crippen LogP contribution in [0.2, 0.25) is 0 Å². The van der Waals surface area contributed by atoms with Gasteiger partial charge in [0.15, 0.2) is 0 Å². The fraction of sp³-hybridized carbons (Fsp3) is 0.833. The van der Waals surface area contributed by atoms with Crippen molar-refractivity contribution in [3.63, 3.8) is 0 Å². The molecule has 2 fully saturated rings. The zero-order chi connectivity index (χ0) is 25.6. The van der Waals surface area contributed by atoms with Gasteiger partial charge in [0.25, 0.3) is 0 Å². The van der Waals surface area contributed by atoms with E-state index in [0.717, 1.165) is 6.54 Å². The molecule has 1 unspecified atom stereocenters. The Kier molecular flexibility index (Phi) is 9.31. The first-order chi connectivity index (χ1) is 15.8. The highest BCUT2D eigenvalue weighted by atomic mass is 16.5. The van der Waals surface area contributed by atoms with Gasteiger partial charge >= 0.3 is 6.09 Å². The van der Waals surface area contributed by atoms with E-state index in [-0.39, 0.29) is 23.5 Å². The molecule has 0 bridgehead atoms. The lowest BCUT2D eigenvalue weighted by molar-refractivity contribution is -0.124. The molecule has 0 radical (unpaired) electrons. The predicted octanol–water partition coefficient (Wildman–Crippen LogP) is 2.11. The smallest absolute Gasteiger partial charge is 0.413 e. The second-order valence-corrected chi connectivity index (χ2v) is 10.9. The largest absolute Gasteiger partial charge is 0.450 e. The SMILES string of the molecule is CCOC(=O)NC(=N[C@@H](CC(C)(C)C)C(=O)NC1(C#N)CN(CC)C(C)(C)C1)N1CCOCC1. The van der Waals surface area contributed by atoms with E-state index >= 15 is 0 Å². The van der Waals surface area contributed by atoms with E-state index in [0.29, 0.717) is 51.6 Å². The fourth-order valence-corrected chi connectivity index (χ4v) is 4.64. The average Bonchev–Trinajstić information content (AvgIpc) is 3.02. The minimum atomic E-state index is -0.990. The van der Waals surface area contributed by atoms with E-state index in [1.54, 1.807) is 6.92 Å². The molecule has 2 amide bonds. The number of ether oxygens (including phenoxy) is 2. The minimum absolute atomic E-state index is 0.203. The molecule has 2 aliphatic heterocycles. The van der Waals surface area contributed by atoms with Gasteiger partial charge in [0, 0.05) is 31.6 Å². The van der Waals surface area contributed by atoms with Crippen LogP contribution >= 0.6 is 0 Å². The van der Waals surface area contributed by atoms with Gasteiger partial charge in [-0.25, -0.2) is 9.79 Å². The summed E-state index contributed by atoms with van der Waals surface area (Å²) < 4.78 is 10.5. The van der Waals surface area contributed by atoms with Crippen LogP contribution in [-0.2, 0) is 14.3 Å². The van der Waals surface area contributed by atoms with Crippen molar-refractivity contribution in [2.45, 2.75) is 78.4 Å². The number of carbonyl (C=O) groups is 2. The number of likely N-dealkylation sites (N-methyl/N-ethyl adjacent to an activating group) is 1. The van der Waals surface area contributed by atoms with Crippen molar-refractivity contribution >= 4 is 18.0 Å². The summed E-state index contributed by atoms with van der Waals surface area (Å²) in [6.07, 6.45) is 0.353. The van der Waals surface area contributed by atoms with Gasteiger partial charge < -0.3 is 19.7 Å². The number of guanidine groups is 1. The van der Waals surface area contributed by atoms with E-state index in [2.05, 4.69) is 42.4 Å². The van der Waals surface area contributed by atoms with E-state index in [4.69, 9.17) is 14.5 Å². The van der Waals surface area contributed by atoms with E-state index in [1.165, 1.54) is 0 Å². The Labute approximate surface area is 204 Å². The molecule has 0 aromatic heterocycles. The Morgan fingerprint density at radius 2 is 1.88 bits per heavy atom. The van der Waals surface area contributed by atoms with Gasteiger partial charge in [-0.3, -0.25) is 15.0 Å². The van der Waals surface area contributed by atoms with Crippen LogP contribution in [0.1, 0.15) is 61.3 Å². The first-order valence-electron chi connectivity index (χ1n) is 12.2. The van der Waals surface area contributed by atoms with Crippen LogP contribution in [0.5, 0.6) is 0 Å². The number of nitrogens with one attached hydrogen (secondary N) is 2. The summed E-state index contributed by atoms with van der Waals surface area (Å²) in [6.45, 7) is 17.6. The molecule has 2 saturated heterocycles. The molecule has 2 atom stereocenters. The Morgan fingerprint density at radius 1 is 1.24 bits per heavy atom. The molecule has 2 aliphatic rings. The third kappa shape index (κ3) is 7.57. The number of nitriles is 1. The molecular weight excluding hydrogens is 436 g/mol. The molecule has 0 aliphatic carbocycles. The number of amides is 2. The van der Waals surface area contributed by atoms with Crippen molar-refractivity contribution < 1.29 is 19.1 Å². The van der Waals surface area contributed by atoms with Crippen LogP contribution < -0.4 is 10.6 Å². The lowest BCUT2D eigenvalue weighted by Crippen LogP contribution is -2.54. The fourth-order valence-electron chi connectivity index (χ4n) is 4.64. The highest BCUT2D eigenvalue weighted by Crippen LogP contribution is 2.35. The molecule has 34 heavy (non-hydrogen) atoms. The number of aliphatic imine (C=N–C) groups is 1. The van der Waals surface area contributed by atoms with Crippen molar-refractivity contribution in [2.75, 3.05) is 46.0 Å². The summed E-state index contributed by atoms with van der Waals surface area (Å²) in [5.74, 6) is -0.0271. The van der Waals surface area contributed by atoms with Gasteiger partial charge in [-0.05, 0) is 39.2 Å². The lowest BCUT2D eigenvalue weighted by Gasteiger charge is -2.32. The summed E-state index contributed by atoms with van der Waals surface area (Å²) in [6, 6.07) is 1.58. The van der Waals surface area contributed by atoms with E-state index < -0.39 is 17.7 Å². The molecule has 0 aromatic carbocycles. The third-order valence-electron chi connectivity index (χ3n) is 6.20. The number of hydrogen-bond donors (Lipinski definition) is 2. The lowest BCUT2D eigenvalue weighted by atomic mass is 9.86. The Balaban J connectivity index is 2.36. The van der Waals surface area contributed by atoms with Crippen molar-refractivity contribution in [1.82, 2.24) is 20.4 Å². The van der Waals surface area contributed by atoms with Crippen LogP contribution in [0.25, 0.3) is 0 Å². The average molecular weight is 479 g/mol. The van der Waals surface area contributed by atoms with Crippen LogP contribution in [0.15, 0.2) is 4.99 Å². The number of hydrogen-bond acceptors (Lipinski definition) is 7. The van der Waals surface area contributed by atoms with E-state index in [9.17, 15) is 14.9 Å². The standard InChI is InChI=1S/C24H42N6O4/c1-8-30-17-24(16-25,15-23(30,6)7)28-19(31)18(14-22(3,4)5)26-20(27-21(32)34-9-2)29-10-12-33-13-11-29/h18H,8-15,17H2,1-7H3,(H,28,31)(H,26,27,32)/t18-,24?/m0/s1. The zero-order valence-electron chi connectivity index (χ0n) is 21.9. The second kappa shape index (κ2) is 11.4. The Bertz CT molecular complexity index is 794. The van der Waals surface area contributed by atoms with Gasteiger partial charge in [-0.2, -0.15) is 5.26 Å². The first-order valence-corrected chi connectivity index (χ1v) is 12.2. The third-order valence-corrected chi connectivity index (χ3v) is 6.20. The van der Waals surface area contributed by atoms with Gasteiger partial charge in [0.2, 0.25) is 11.9 Å². The van der Waals surface area contributed by atoms with Gasteiger partial charge in [-0.15, -0.1) is 0 Å². The van der Waals surface area contributed by atoms with Crippen molar-refractivity contribution in [3.05, 3.63) is 0 Å². The van der Waals surface area contributed by atoms with Crippen molar-refractivity contribution in [1.29, 1.82) is 5.26 Å². The second-order valence-electron chi connectivity index (χ2n) is 10.9. The number of morpholine rings is 1. The molecule has 0 spiro atoms. The topological polar surface area (TPSA) is 119 Å². The Hall–Kier alpha value is -2.38. The minimum Gasteiger partial charge on any atom is -0.450 e. The van der Waals surface area contributed by atoms with Gasteiger partial charge in [0.1, 0.15) is 11.6 Å². The maximum atomic E-state index is 13.6. The summed E-state index contributed by atoms with van der Waals surface area (Å²) in [4.78, 5) is 34.7. The van der Waals surface area contributed by atoms with Crippen LogP contribution in [0, 0.1) is 16.7 Å². The Morgan fingerprint density at radius 3 is 2.38 bits per heavy atom. The van der Waals surface area contributed by atoms with Crippen LogP contribution in [0.4, 0.5) is 4.79 Å². The first kappa shape index (κ1) is 27.9. The quantitative estimate of drug-likeness (QED) is 0.443. The zero-order valence-corrected chi connectivity index (χ0v) is 21.9. The summed E-state index contributed by atoms with van der Waals surface area (Å²) in [7, 11) is 0. The highest BCUT2D eigenvalue weighted by molar-refractivity contribution is 5.96. The molecule has 2 rings (SSSR count). The van der Waals surface area contributed by atoms with Crippen molar-refractivity contribution in [3.8, 4) is 6.07 Å². The highest BCUT2D eigenvalue weighted by Gasteiger charge is 2.49. The maximum Gasteiger partial charge on any atom is 0.413 e. The number of nitrogens with zero attached hydrogens (tertiary/aromatic N) is 4. The predicted molar refractivity (Wildman–Crippen MR) is 130 cm³/mol. The summed E-state index contributed by atoms with van der Waals surface area (Å²) in [5.41, 5.74) is -1.41. The molecule has 0 aromatic rings.